The molecule has 0 aromatic carbocycles. The highest BCUT2D eigenvalue weighted by Gasteiger charge is 2.50. The molecule has 1 unspecified atom stereocenters. The van der Waals surface area contributed by atoms with Crippen LogP contribution in [0, 0.1) is 0 Å². The molecule has 3 rings (SSSR count). The molecule has 4 nitrogen and oxygen atoms in total. The average Bonchev–Trinajstić information content (AvgIpc) is 3.22. The van der Waals surface area contributed by atoms with Crippen molar-refractivity contribution in [3.63, 3.8) is 0 Å². The van der Waals surface area contributed by atoms with Gasteiger partial charge in [0, 0.05) is 18.6 Å². The predicted molar refractivity (Wildman–Crippen MR) is 77.5 cm³/mol. The molecule has 23 heavy (non-hydrogen) atoms. The Balaban J connectivity index is 1.75. The number of hydrogen-bond acceptors (Lipinski definition) is 2. The molecule has 2 saturated carbocycles. The van der Waals surface area contributed by atoms with Crippen LogP contribution in [0.15, 0.2) is 0 Å². The summed E-state index contributed by atoms with van der Waals surface area (Å²) in [4.78, 5) is 27.1. The van der Waals surface area contributed by atoms with Gasteiger partial charge in [-0.05, 0) is 38.5 Å². The Labute approximate surface area is 134 Å². The topological polar surface area (TPSA) is 40.6 Å². The quantitative estimate of drug-likeness (QED) is 0.797. The van der Waals surface area contributed by atoms with E-state index in [4.69, 9.17) is 0 Å². The van der Waals surface area contributed by atoms with Crippen LogP contribution >= 0.6 is 0 Å². The molecule has 1 atom stereocenters. The molecule has 0 radical (unpaired) electrons. The highest BCUT2D eigenvalue weighted by Crippen LogP contribution is 2.36. The number of carbonyl (C=O) groups is 2. The van der Waals surface area contributed by atoms with Crippen LogP contribution in [0.2, 0.25) is 0 Å². The lowest BCUT2D eigenvalue weighted by atomic mass is 9.93. The minimum atomic E-state index is -4.90. The zero-order valence-corrected chi connectivity index (χ0v) is 13.1. The molecule has 0 bridgehead atoms. The lowest BCUT2D eigenvalue weighted by Gasteiger charge is -2.38. The SMILES string of the molecule is O=C(C1CCCN1C(=O)C(F)(F)F)N(C1CCCCC1)C1CC1. The molecule has 2 aliphatic carbocycles. The zero-order valence-electron chi connectivity index (χ0n) is 13.1. The van der Waals surface area contributed by atoms with Crippen molar-refractivity contribution < 1.29 is 22.8 Å². The lowest BCUT2D eigenvalue weighted by Crippen LogP contribution is -2.54. The van der Waals surface area contributed by atoms with Crippen LogP contribution in [-0.4, -0.2) is 52.5 Å². The number of hydrogen-bond donors (Lipinski definition) is 0. The second-order valence-electron chi connectivity index (χ2n) is 6.92. The van der Waals surface area contributed by atoms with Crippen LogP contribution in [0.25, 0.3) is 0 Å². The smallest absolute Gasteiger partial charge is 0.335 e. The monoisotopic (exact) mass is 332 g/mol. The first-order chi connectivity index (χ1) is 10.9. The van der Waals surface area contributed by atoms with Gasteiger partial charge in [0.1, 0.15) is 6.04 Å². The van der Waals surface area contributed by atoms with E-state index >= 15 is 0 Å². The van der Waals surface area contributed by atoms with Gasteiger partial charge < -0.3 is 9.80 Å². The second-order valence-corrected chi connectivity index (χ2v) is 6.92. The van der Waals surface area contributed by atoms with Gasteiger partial charge >= 0.3 is 12.1 Å². The van der Waals surface area contributed by atoms with Crippen molar-refractivity contribution in [2.75, 3.05) is 6.54 Å². The number of alkyl halides is 3. The van der Waals surface area contributed by atoms with Gasteiger partial charge in [0.25, 0.3) is 0 Å². The molecule has 0 aromatic rings. The van der Waals surface area contributed by atoms with E-state index in [0.717, 1.165) is 49.8 Å². The molecule has 7 heteroatoms. The van der Waals surface area contributed by atoms with E-state index in [2.05, 4.69) is 0 Å². The Hall–Kier alpha value is -1.27. The fourth-order valence-electron chi connectivity index (χ4n) is 3.97. The summed E-state index contributed by atoms with van der Waals surface area (Å²) in [6.07, 6.45) is 2.92. The van der Waals surface area contributed by atoms with Crippen molar-refractivity contribution in [2.24, 2.45) is 0 Å². The summed E-state index contributed by atoms with van der Waals surface area (Å²) >= 11 is 0. The van der Waals surface area contributed by atoms with Gasteiger partial charge in [-0.15, -0.1) is 0 Å². The Morgan fingerprint density at radius 1 is 0.870 bits per heavy atom. The number of carbonyl (C=O) groups excluding carboxylic acids is 2. The van der Waals surface area contributed by atoms with Gasteiger partial charge in [0.2, 0.25) is 5.91 Å². The molecular weight excluding hydrogens is 309 g/mol. The van der Waals surface area contributed by atoms with Crippen molar-refractivity contribution in [1.82, 2.24) is 9.80 Å². The third kappa shape index (κ3) is 3.48. The minimum absolute atomic E-state index is 0.0257. The number of nitrogens with zero attached hydrogens (tertiary/aromatic N) is 2. The van der Waals surface area contributed by atoms with Crippen molar-refractivity contribution >= 4 is 11.8 Å². The summed E-state index contributed by atoms with van der Waals surface area (Å²) in [5.74, 6) is -2.12. The van der Waals surface area contributed by atoms with Crippen LogP contribution in [0.1, 0.15) is 57.8 Å². The first-order valence-electron chi connectivity index (χ1n) is 8.59. The number of rotatable bonds is 3. The highest BCUT2D eigenvalue weighted by molar-refractivity contribution is 5.90. The molecule has 130 valence electrons. The van der Waals surface area contributed by atoms with E-state index in [1.807, 2.05) is 4.90 Å². The van der Waals surface area contributed by atoms with Gasteiger partial charge in [-0.2, -0.15) is 13.2 Å². The Bertz CT molecular complexity index is 470. The summed E-state index contributed by atoms with van der Waals surface area (Å²) < 4.78 is 38.2. The normalized spacial score (nSPS) is 26.4. The Kier molecular flexibility index (Phi) is 4.56. The standard InChI is InChI=1S/C16H23F3N2O2/c17-16(18,19)15(23)20-10-4-7-13(20)14(22)21(12-8-9-12)11-5-2-1-3-6-11/h11-13H,1-10H2. The molecule has 3 fully saturated rings. The van der Waals surface area contributed by atoms with Crippen LogP contribution < -0.4 is 0 Å². The maximum Gasteiger partial charge on any atom is 0.471 e. The second kappa shape index (κ2) is 6.32. The van der Waals surface area contributed by atoms with Crippen molar-refractivity contribution in [3.05, 3.63) is 0 Å². The van der Waals surface area contributed by atoms with Gasteiger partial charge in [-0.25, -0.2) is 0 Å². The predicted octanol–water partition coefficient (Wildman–Crippen LogP) is 2.86. The molecule has 0 spiro atoms. The maximum atomic E-state index is 12.9. The Morgan fingerprint density at radius 3 is 2.04 bits per heavy atom. The third-order valence-corrected chi connectivity index (χ3v) is 5.20. The number of halogens is 3. The molecule has 0 aromatic heterocycles. The van der Waals surface area contributed by atoms with Crippen LogP contribution in [0.3, 0.4) is 0 Å². The van der Waals surface area contributed by atoms with Gasteiger partial charge in [-0.3, -0.25) is 9.59 Å². The molecule has 1 heterocycles. The molecule has 1 saturated heterocycles. The number of likely N-dealkylation sites (tertiary alicyclic amines) is 1. The summed E-state index contributed by atoms with van der Waals surface area (Å²) in [7, 11) is 0. The van der Waals surface area contributed by atoms with Crippen LogP contribution in [0.4, 0.5) is 13.2 Å². The van der Waals surface area contributed by atoms with Crippen LogP contribution in [-0.2, 0) is 9.59 Å². The fraction of sp³-hybridized carbons (Fsp3) is 0.875. The van der Waals surface area contributed by atoms with E-state index in [0.29, 0.717) is 12.8 Å². The largest absolute Gasteiger partial charge is 0.471 e. The highest BCUT2D eigenvalue weighted by atomic mass is 19.4. The zero-order chi connectivity index (χ0) is 16.6. The van der Waals surface area contributed by atoms with E-state index < -0.39 is 18.1 Å². The molecule has 0 N–H and O–H groups in total. The molecular formula is C16H23F3N2O2. The molecule has 1 aliphatic heterocycles. The summed E-state index contributed by atoms with van der Waals surface area (Å²) in [5.41, 5.74) is 0. The molecule has 3 aliphatic rings. The number of amides is 2. The van der Waals surface area contributed by atoms with Crippen molar-refractivity contribution in [2.45, 2.75) is 82.1 Å². The van der Waals surface area contributed by atoms with Crippen molar-refractivity contribution in [1.29, 1.82) is 0 Å². The van der Waals surface area contributed by atoms with Crippen LogP contribution in [0.5, 0.6) is 0 Å². The van der Waals surface area contributed by atoms with Gasteiger partial charge in [0.05, 0.1) is 0 Å². The van der Waals surface area contributed by atoms with Gasteiger partial charge in [0.15, 0.2) is 0 Å². The summed E-state index contributed by atoms with van der Waals surface area (Å²) in [6.45, 7) is 0.0257. The Morgan fingerprint density at radius 2 is 1.48 bits per heavy atom. The summed E-state index contributed by atoms with van der Waals surface area (Å²) in [5, 5.41) is 0. The van der Waals surface area contributed by atoms with E-state index in [-0.39, 0.29) is 24.5 Å². The van der Waals surface area contributed by atoms with Gasteiger partial charge in [-0.1, -0.05) is 19.3 Å². The lowest BCUT2D eigenvalue weighted by molar-refractivity contribution is -0.187. The first kappa shape index (κ1) is 16.6. The minimum Gasteiger partial charge on any atom is -0.335 e. The molecule has 2 amide bonds. The van der Waals surface area contributed by atoms with Crippen molar-refractivity contribution in [3.8, 4) is 0 Å². The fourth-order valence-corrected chi connectivity index (χ4v) is 3.97. The van der Waals surface area contributed by atoms with E-state index in [1.165, 1.54) is 0 Å². The maximum absolute atomic E-state index is 12.9. The van der Waals surface area contributed by atoms with E-state index in [9.17, 15) is 22.8 Å². The summed E-state index contributed by atoms with van der Waals surface area (Å²) in [6, 6.07) is -0.604. The van der Waals surface area contributed by atoms with E-state index in [1.54, 1.807) is 0 Å². The first-order valence-corrected chi connectivity index (χ1v) is 8.59. The third-order valence-electron chi connectivity index (χ3n) is 5.20. The average molecular weight is 332 g/mol.